The molecule has 1 aliphatic heterocycles. The lowest BCUT2D eigenvalue weighted by atomic mass is 10.2. The van der Waals surface area contributed by atoms with Crippen LogP contribution in [0.15, 0.2) is 24.3 Å². The summed E-state index contributed by atoms with van der Waals surface area (Å²) in [6.45, 7) is 9.64. The molecular formula is C15H24N4O. The molecule has 5 heteroatoms. The zero-order chi connectivity index (χ0) is 14.5. The number of rotatable bonds is 6. The third-order valence-electron chi connectivity index (χ3n) is 3.88. The molecule has 5 nitrogen and oxygen atoms in total. The lowest BCUT2D eigenvalue weighted by molar-refractivity contribution is 0.207. The SMILES string of the molecule is CCN(CC)CCN1CCN(c2ccc(N)cc2)C1=O. The van der Waals surface area contributed by atoms with E-state index in [4.69, 9.17) is 5.73 Å². The Hall–Kier alpha value is -1.75. The first kappa shape index (κ1) is 14.7. The van der Waals surface area contributed by atoms with E-state index in [2.05, 4.69) is 18.7 Å². The van der Waals surface area contributed by atoms with Gasteiger partial charge in [0.25, 0.3) is 0 Å². The molecule has 1 heterocycles. The Morgan fingerprint density at radius 2 is 1.80 bits per heavy atom. The van der Waals surface area contributed by atoms with E-state index in [1.54, 1.807) is 0 Å². The van der Waals surface area contributed by atoms with Gasteiger partial charge in [-0.2, -0.15) is 0 Å². The van der Waals surface area contributed by atoms with Gasteiger partial charge in [-0.1, -0.05) is 13.8 Å². The monoisotopic (exact) mass is 276 g/mol. The van der Waals surface area contributed by atoms with Gasteiger partial charge in [-0.15, -0.1) is 0 Å². The van der Waals surface area contributed by atoms with E-state index in [0.717, 1.165) is 50.6 Å². The number of hydrogen-bond donors (Lipinski definition) is 1. The van der Waals surface area contributed by atoms with E-state index in [1.165, 1.54) is 0 Å². The highest BCUT2D eigenvalue weighted by Crippen LogP contribution is 2.21. The number of benzene rings is 1. The van der Waals surface area contributed by atoms with Gasteiger partial charge in [0.1, 0.15) is 0 Å². The largest absolute Gasteiger partial charge is 0.399 e. The van der Waals surface area contributed by atoms with Crippen LogP contribution < -0.4 is 10.6 Å². The molecule has 2 amide bonds. The molecule has 2 N–H and O–H groups in total. The molecule has 20 heavy (non-hydrogen) atoms. The van der Waals surface area contributed by atoms with Gasteiger partial charge in [0.05, 0.1) is 0 Å². The van der Waals surface area contributed by atoms with E-state index in [9.17, 15) is 4.79 Å². The number of likely N-dealkylation sites (N-methyl/N-ethyl adjacent to an activating group) is 1. The third kappa shape index (κ3) is 3.22. The first-order valence-corrected chi connectivity index (χ1v) is 7.30. The highest BCUT2D eigenvalue weighted by Gasteiger charge is 2.29. The number of hydrogen-bond acceptors (Lipinski definition) is 3. The van der Waals surface area contributed by atoms with Gasteiger partial charge in [0.2, 0.25) is 0 Å². The molecule has 0 radical (unpaired) electrons. The topological polar surface area (TPSA) is 52.8 Å². The van der Waals surface area contributed by atoms with Gasteiger partial charge >= 0.3 is 6.03 Å². The average Bonchev–Trinajstić information content (AvgIpc) is 2.82. The fourth-order valence-electron chi connectivity index (χ4n) is 2.49. The van der Waals surface area contributed by atoms with E-state index in [1.807, 2.05) is 34.1 Å². The summed E-state index contributed by atoms with van der Waals surface area (Å²) >= 11 is 0. The van der Waals surface area contributed by atoms with Crippen molar-refractivity contribution in [1.29, 1.82) is 0 Å². The van der Waals surface area contributed by atoms with Crippen LogP contribution in [0.25, 0.3) is 0 Å². The molecule has 1 aliphatic rings. The van der Waals surface area contributed by atoms with Crippen LogP contribution in [0.3, 0.4) is 0 Å². The number of carbonyl (C=O) groups is 1. The minimum absolute atomic E-state index is 0.0990. The second-order valence-corrected chi connectivity index (χ2v) is 5.04. The quantitative estimate of drug-likeness (QED) is 0.807. The average molecular weight is 276 g/mol. The Morgan fingerprint density at radius 1 is 1.15 bits per heavy atom. The minimum atomic E-state index is 0.0990. The zero-order valence-electron chi connectivity index (χ0n) is 12.4. The molecule has 0 spiro atoms. The number of anilines is 2. The highest BCUT2D eigenvalue weighted by molar-refractivity contribution is 5.94. The van der Waals surface area contributed by atoms with Crippen molar-refractivity contribution in [1.82, 2.24) is 9.80 Å². The maximum atomic E-state index is 12.4. The van der Waals surface area contributed by atoms with Crippen molar-refractivity contribution in [2.45, 2.75) is 13.8 Å². The molecular weight excluding hydrogens is 252 g/mol. The van der Waals surface area contributed by atoms with Gasteiger partial charge in [-0.25, -0.2) is 4.79 Å². The zero-order valence-corrected chi connectivity index (χ0v) is 12.4. The van der Waals surface area contributed by atoms with E-state index in [-0.39, 0.29) is 6.03 Å². The summed E-state index contributed by atoms with van der Waals surface area (Å²) in [7, 11) is 0. The van der Waals surface area contributed by atoms with Crippen molar-refractivity contribution in [2.24, 2.45) is 0 Å². The maximum absolute atomic E-state index is 12.4. The van der Waals surface area contributed by atoms with Crippen LogP contribution >= 0.6 is 0 Å². The molecule has 0 saturated carbocycles. The first-order chi connectivity index (χ1) is 9.65. The van der Waals surface area contributed by atoms with E-state index >= 15 is 0 Å². The molecule has 1 fully saturated rings. The molecule has 0 aromatic heterocycles. The first-order valence-electron chi connectivity index (χ1n) is 7.30. The second-order valence-electron chi connectivity index (χ2n) is 5.04. The lowest BCUT2D eigenvalue weighted by Crippen LogP contribution is -2.38. The molecule has 2 rings (SSSR count). The lowest BCUT2D eigenvalue weighted by Gasteiger charge is -2.23. The summed E-state index contributed by atoms with van der Waals surface area (Å²) in [5, 5.41) is 0. The Kier molecular flexibility index (Phi) is 4.84. The van der Waals surface area contributed by atoms with E-state index in [0.29, 0.717) is 0 Å². The smallest absolute Gasteiger partial charge is 0.324 e. The second kappa shape index (κ2) is 6.61. The minimum Gasteiger partial charge on any atom is -0.399 e. The molecule has 0 atom stereocenters. The summed E-state index contributed by atoms with van der Waals surface area (Å²) in [5.74, 6) is 0. The van der Waals surface area contributed by atoms with Crippen LogP contribution in [-0.2, 0) is 0 Å². The van der Waals surface area contributed by atoms with Crippen LogP contribution in [0.2, 0.25) is 0 Å². The fourth-order valence-corrected chi connectivity index (χ4v) is 2.49. The molecule has 1 saturated heterocycles. The summed E-state index contributed by atoms with van der Waals surface area (Å²) in [6, 6.07) is 7.58. The number of nitrogen functional groups attached to an aromatic ring is 1. The molecule has 0 bridgehead atoms. The predicted molar refractivity (Wildman–Crippen MR) is 83.0 cm³/mol. The number of urea groups is 1. The molecule has 110 valence electrons. The van der Waals surface area contributed by atoms with Crippen molar-refractivity contribution >= 4 is 17.4 Å². The fraction of sp³-hybridized carbons (Fsp3) is 0.533. The predicted octanol–water partition coefficient (Wildman–Crippen LogP) is 1.85. The Morgan fingerprint density at radius 3 is 2.40 bits per heavy atom. The summed E-state index contributed by atoms with van der Waals surface area (Å²) in [5.41, 5.74) is 7.33. The molecule has 1 aromatic carbocycles. The van der Waals surface area contributed by atoms with E-state index < -0.39 is 0 Å². The van der Waals surface area contributed by atoms with Crippen molar-refractivity contribution in [3.8, 4) is 0 Å². The van der Waals surface area contributed by atoms with Crippen molar-refractivity contribution in [3.05, 3.63) is 24.3 Å². The van der Waals surface area contributed by atoms with Gasteiger partial charge < -0.3 is 15.5 Å². The van der Waals surface area contributed by atoms with Crippen LogP contribution in [0.1, 0.15) is 13.8 Å². The van der Waals surface area contributed by atoms with Crippen LogP contribution in [0.4, 0.5) is 16.2 Å². The van der Waals surface area contributed by atoms with Gasteiger partial charge in [-0.3, -0.25) is 4.90 Å². The molecule has 0 aliphatic carbocycles. The number of nitrogens with two attached hydrogens (primary N) is 1. The van der Waals surface area contributed by atoms with Gasteiger partial charge in [-0.05, 0) is 37.4 Å². The maximum Gasteiger partial charge on any atom is 0.324 e. The molecule has 0 unspecified atom stereocenters. The van der Waals surface area contributed by atoms with Gasteiger partial charge in [0, 0.05) is 37.6 Å². The number of amides is 2. The van der Waals surface area contributed by atoms with Crippen molar-refractivity contribution in [3.63, 3.8) is 0 Å². The summed E-state index contributed by atoms with van der Waals surface area (Å²) in [6.07, 6.45) is 0. The summed E-state index contributed by atoms with van der Waals surface area (Å²) < 4.78 is 0. The number of carbonyl (C=O) groups excluding carboxylic acids is 1. The number of nitrogens with zero attached hydrogens (tertiary/aromatic N) is 3. The van der Waals surface area contributed by atoms with Crippen LogP contribution in [0, 0.1) is 0 Å². The van der Waals surface area contributed by atoms with Gasteiger partial charge in [0.15, 0.2) is 0 Å². The highest BCUT2D eigenvalue weighted by atomic mass is 16.2. The summed E-state index contributed by atoms with van der Waals surface area (Å²) in [4.78, 5) is 18.5. The Balaban J connectivity index is 1.93. The standard InChI is InChI=1S/C15H24N4O/c1-3-17(4-2)9-10-18-11-12-19(15(18)20)14-7-5-13(16)6-8-14/h5-8H,3-4,9-12,16H2,1-2H3. The molecule has 1 aromatic rings. The third-order valence-corrected chi connectivity index (χ3v) is 3.88. The van der Waals surface area contributed by atoms with Crippen LogP contribution in [0.5, 0.6) is 0 Å². The Bertz CT molecular complexity index is 442. The van der Waals surface area contributed by atoms with Crippen molar-refractivity contribution < 1.29 is 4.79 Å². The Labute approximate surface area is 120 Å². The normalized spacial score (nSPS) is 15.4. The van der Waals surface area contributed by atoms with Crippen molar-refractivity contribution in [2.75, 3.05) is 49.9 Å². The van der Waals surface area contributed by atoms with Crippen LogP contribution in [-0.4, -0.2) is 55.1 Å².